The standard InChI is InChI=1S/C27H20F6N2O2/c1-2-17(18-11-20(28)26(24(32)22(18)30)36-15-7-3-13(34)4-8-15)19-12-21(29)27(25(33)23(19)31)37-16-9-5-14(35)6-10-16/h3-12,17H,2,34-35H2,1H3. The smallest absolute Gasteiger partial charge is 0.204 e. The van der Waals surface area contributed by atoms with E-state index >= 15 is 8.78 Å². The van der Waals surface area contributed by atoms with Crippen molar-refractivity contribution in [3.05, 3.63) is 107 Å². The van der Waals surface area contributed by atoms with E-state index in [1.54, 1.807) is 0 Å². The van der Waals surface area contributed by atoms with Gasteiger partial charge in [-0.3, -0.25) is 0 Å². The minimum absolute atomic E-state index is 0.0157. The molecule has 0 unspecified atom stereocenters. The molecule has 0 aliphatic rings. The minimum Gasteiger partial charge on any atom is -0.451 e. The van der Waals surface area contributed by atoms with Crippen LogP contribution in [0.5, 0.6) is 23.0 Å². The molecule has 0 heterocycles. The Kier molecular flexibility index (Phi) is 7.19. The first-order valence-electron chi connectivity index (χ1n) is 11.0. The minimum atomic E-state index is -1.69. The lowest BCUT2D eigenvalue weighted by Crippen LogP contribution is -2.11. The number of nitrogen functional groups attached to an aromatic ring is 2. The van der Waals surface area contributed by atoms with E-state index in [1.165, 1.54) is 55.5 Å². The Bertz CT molecular complexity index is 1330. The lowest BCUT2D eigenvalue weighted by atomic mass is 9.87. The van der Waals surface area contributed by atoms with Crippen molar-refractivity contribution >= 4 is 11.4 Å². The molecule has 0 saturated heterocycles. The first-order valence-corrected chi connectivity index (χ1v) is 11.0. The third-order valence-corrected chi connectivity index (χ3v) is 5.65. The number of hydrogen-bond acceptors (Lipinski definition) is 4. The monoisotopic (exact) mass is 518 g/mol. The van der Waals surface area contributed by atoms with Crippen LogP contribution in [0.1, 0.15) is 30.4 Å². The van der Waals surface area contributed by atoms with Crippen LogP contribution in [-0.2, 0) is 0 Å². The van der Waals surface area contributed by atoms with E-state index in [-0.39, 0.29) is 17.9 Å². The number of halogens is 6. The molecule has 4 N–H and O–H groups in total. The van der Waals surface area contributed by atoms with Crippen LogP contribution in [0.3, 0.4) is 0 Å². The zero-order valence-electron chi connectivity index (χ0n) is 19.3. The molecule has 0 spiro atoms. The normalized spacial score (nSPS) is 11.1. The summed E-state index contributed by atoms with van der Waals surface area (Å²) in [5.74, 6) is -12.6. The third-order valence-electron chi connectivity index (χ3n) is 5.65. The molecule has 37 heavy (non-hydrogen) atoms. The molecule has 4 aromatic carbocycles. The summed E-state index contributed by atoms with van der Waals surface area (Å²) in [4.78, 5) is 0. The number of benzene rings is 4. The Morgan fingerprint density at radius 3 is 1.27 bits per heavy atom. The van der Waals surface area contributed by atoms with Crippen LogP contribution in [0.25, 0.3) is 0 Å². The highest BCUT2D eigenvalue weighted by Gasteiger charge is 2.30. The van der Waals surface area contributed by atoms with Crippen molar-refractivity contribution in [3.8, 4) is 23.0 Å². The second kappa shape index (κ2) is 10.3. The summed E-state index contributed by atoms with van der Waals surface area (Å²) in [6.45, 7) is 1.44. The van der Waals surface area contributed by atoms with Gasteiger partial charge in [0.2, 0.25) is 23.1 Å². The molecule has 0 bridgehead atoms. The fraction of sp³-hybridized carbons (Fsp3) is 0.111. The second-order valence-corrected chi connectivity index (χ2v) is 8.11. The lowest BCUT2D eigenvalue weighted by molar-refractivity contribution is 0.376. The maximum atomic E-state index is 15.1. The second-order valence-electron chi connectivity index (χ2n) is 8.11. The fourth-order valence-corrected chi connectivity index (χ4v) is 3.80. The largest absolute Gasteiger partial charge is 0.451 e. The number of hydrogen-bond donors (Lipinski definition) is 2. The van der Waals surface area contributed by atoms with Crippen LogP contribution in [0.15, 0.2) is 60.7 Å². The highest BCUT2D eigenvalue weighted by molar-refractivity contribution is 5.47. The summed E-state index contributed by atoms with van der Waals surface area (Å²) in [7, 11) is 0. The molecule has 0 aliphatic heterocycles. The van der Waals surface area contributed by atoms with Crippen molar-refractivity contribution in [2.45, 2.75) is 19.3 Å². The third kappa shape index (κ3) is 5.13. The highest BCUT2D eigenvalue weighted by Crippen LogP contribution is 2.40. The van der Waals surface area contributed by atoms with Crippen molar-refractivity contribution in [1.82, 2.24) is 0 Å². The maximum absolute atomic E-state index is 15.1. The van der Waals surface area contributed by atoms with Crippen LogP contribution >= 0.6 is 0 Å². The molecule has 0 radical (unpaired) electrons. The SMILES string of the molecule is CCC(c1cc(F)c(Oc2ccc(N)cc2)c(F)c1F)c1cc(F)c(Oc2ccc(N)cc2)c(F)c1F. The van der Waals surface area contributed by atoms with Gasteiger partial charge in [-0.15, -0.1) is 0 Å². The Balaban J connectivity index is 1.72. The summed E-state index contributed by atoms with van der Waals surface area (Å²) in [6.07, 6.45) is -0.151. The van der Waals surface area contributed by atoms with E-state index in [9.17, 15) is 17.6 Å². The van der Waals surface area contributed by atoms with Gasteiger partial charge < -0.3 is 20.9 Å². The number of ether oxygens (including phenoxy) is 2. The molecular weight excluding hydrogens is 498 g/mol. The molecule has 0 saturated carbocycles. The summed E-state index contributed by atoms with van der Waals surface area (Å²) >= 11 is 0. The van der Waals surface area contributed by atoms with Crippen LogP contribution in [0, 0.1) is 34.9 Å². The van der Waals surface area contributed by atoms with Gasteiger partial charge in [0, 0.05) is 28.4 Å². The van der Waals surface area contributed by atoms with Gasteiger partial charge in [-0.2, -0.15) is 8.78 Å². The van der Waals surface area contributed by atoms with Crippen molar-refractivity contribution < 1.29 is 35.8 Å². The summed E-state index contributed by atoms with van der Waals surface area (Å²) in [5.41, 5.74) is 10.6. The molecule has 0 aromatic heterocycles. The number of anilines is 2. The Morgan fingerprint density at radius 1 is 0.595 bits per heavy atom. The molecule has 4 rings (SSSR count). The average molecular weight is 518 g/mol. The zero-order chi connectivity index (χ0) is 26.9. The highest BCUT2D eigenvalue weighted by atomic mass is 19.2. The Hall–Kier alpha value is -4.34. The molecule has 0 fully saturated rings. The van der Waals surface area contributed by atoms with Crippen LogP contribution in [0.2, 0.25) is 0 Å². The Labute approximate surface area is 208 Å². The van der Waals surface area contributed by atoms with Gasteiger partial charge in [0.05, 0.1) is 0 Å². The predicted molar refractivity (Wildman–Crippen MR) is 127 cm³/mol. The topological polar surface area (TPSA) is 70.5 Å². The van der Waals surface area contributed by atoms with E-state index in [4.69, 9.17) is 20.9 Å². The molecule has 4 nitrogen and oxygen atoms in total. The van der Waals surface area contributed by atoms with Crippen molar-refractivity contribution in [3.63, 3.8) is 0 Å². The van der Waals surface area contributed by atoms with Gasteiger partial charge in [-0.05, 0) is 67.1 Å². The van der Waals surface area contributed by atoms with Crippen LogP contribution < -0.4 is 20.9 Å². The van der Waals surface area contributed by atoms with E-state index in [1.807, 2.05) is 0 Å². The van der Waals surface area contributed by atoms with Gasteiger partial charge in [-0.25, -0.2) is 17.6 Å². The van der Waals surface area contributed by atoms with Crippen molar-refractivity contribution in [2.24, 2.45) is 0 Å². The van der Waals surface area contributed by atoms with Gasteiger partial charge in [0.25, 0.3) is 0 Å². The molecule has 0 atom stereocenters. The molecule has 0 amide bonds. The maximum Gasteiger partial charge on any atom is 0.204 e. The Morgan fingerprint density at radius 2 is 0.946 bits per heavy atom. The number of rotatable bonds is 7. The van der Waals surface area contributed by atoms with Crippen molar-refractivity contribution in [1.29, 1.82) is 0 Å². The first-order chi connectivity index (χ1) is 17.6. The summed E-state index contributed by atoms with van der Waals surface area (Å²) in [5, 5.41) is 0. The van der Waals surface area contributed by atoms with E-state index in [0.717, 1.165) is 0 Å². The summed E-state index contributed by atoms with van der Waals surface area (Å²) in [6, 6.07) is 12.2. The first kappa shape index (κ1) is 25.7. The molecular formula is C27H20F6N2O2. The molecule has 4 aromatic rings. The molecule has 0 aliphatic carbocycles. The van der Waals surface area contributed by atoms with Crippen molar-refractivity contribution in [2.75, 3.05) is 11.5 Å². The number of nitrogens with two attached hydrogens (primary N) is 2. The summed E-state index contributed by atoms with van der Waals surface area (Å²) < 4.78 is 99.8. The van der Waals surface area contributed by atoms with Crippen LogP contribution in [-0.4, -0.2) is 0 Å². The van der Waals surface area contributed by atoms with E-state index in [0.29, 0.717) is 23.5 Å². The van der Waals surface area contributed by atoms with E-state index in [2.05, 4.69) is 0 Å². The quantitative estimate of drug-likeness (QED) is 0.149. The van der Waals surface area contributed by atoms with Crippen LogP contribution in [0.4, 0.5) is 37.7 Å². The predicted octanol–water partition coefficient (Wildman–Crippen LogP) is 7.81. The fourth-order valence-electron chi connectivity index (χ4n) is 3.80. The average Bonchev–Trinajstić information content (AvgIpc) is 2.88. The van der Waals surface area contributed by atoms with E-state index < -0.39 is 63.4 Å². The zero-order valence-corrected chi connectivity index (χ0v) is 19.3. The van der Waals surface area contributed by atoms with Gasteiger partial charge in [-0.1, -0.05) is 6.92 Å². The molecule has 192 valence electrons. The van der Waals surface area contributed by atoms with Gasteiger partial charge in [0.1, 0.15) is 11.5 Å². The van der Waals surface area contributed by atoms with Gasteiger partial charge in [0.15, 0.2) is 23.3 Å². The molecule has 10 heteroatoms. The lowest BCUT2D eigenvalue weighted by Gasteiger charge is -2.20. The van der Waals surface area contributed by atoms with Gasteiger partial charge >= 0.3 is 0 Å².